The van der Waals surface area contributed by atoms with Gasteiger partial charge in [0.25, 0.3) is 0 Å². The van der Waals surface area contributed by atoms with Gasteiger partial charge in [0.05, 0.1) is 25.8 Å². The number of hydrogen-bond donors (Lipinski definition) is 1. The molecule has 0 unspecified atom stereocenters. The largest absolute Gasteiger partial charge is 0.346 e. The van der Waals surface area contributed by atoms with Crippen molar-refractivity contribution >= 4 is 11.6 Å². The maximum Gasteiger partial charge on any atom is 0.244 e. The lowest BCUT2D eigenvalue weighted by atomic mass is 10.1. The van der Waals surface area contributed by atoms with Crippen LogP contribution in [0.4, 0.5) is 5.69 Å². The minimum atomic E-state index is -0.570. The molecule has 1 aromatic rings. The Morgan fingerprint density at radius 2 is 2.10 bits per heavy atom. The van der Waals surface area contributed by atoms with Crippen LogP contribution in [-0.2, 0) is 20.7 Å². The lowest BCUT2D eigenvalue weighted by Crippen LogP contribution is -2.43. The van der Waals surface area contributed by atoms with Gasteiger partial charge in [-0.2, -0.15) is 0 Å². The molecule has 5 heteroatoms. The van der Waals surface area contributed by atoms with Gasteiger partial charge in [-0.3, -0.25) is 4.79 Å². The van der Waals surface area contributed by atoms with Gasteiger partial charge in [-0.1, -0.05) is 18.2 Å². The summed E-state index contributed by atoms with van der Waals surface area (Å²) in [6.45, 7) is 2.61. The maximum atomic E-state index is 12.7. The maximum absolute atomic E-state index is 12.7. The molecule has 0 aromatic heterocycles. The monoisotopic (exact) mass is 274 g/mol. The van der Waals surface area contributed by atoms with E-state index in [0.29, 0.717) is 26.2 Å². The van der Waals surface area contributed by atoms with E-state index in [1.54, 1.807) is 0 Å². The summed E-state index contributed by atoms with van der Waals surface area (Å²) in [4.78, 5) is 14.6. The summed E-state index contributed by atoms with van der Waals surface area (Å²) < 4.78 is 11.3. The van der Waals surface area contributed by atoms with Crippen LogP contribution in [0.1, 0.15) is 12.0 Å². The average Bonchev–Trinajstić information content (AvgIpc) is 3.20. The minimum absolute atomic E-state index is 0.130. The molecule has 1 amide bonds. The van der Waals surface area contributed by atoms with E-state index in [4.69, 9.17) is 9.47 Å². The van der Waals surface area contributed by atoms with Gasteiger partial charge in [-0.25, -0.2) is 0 Å². The molecule has 2 fully saturated rings. The van der Waals surface area contributed by atoms with E-state index >= 15 is 0 Å². The van der Waals surface area contributed by atoms with Gasteiger partial charge in [0.1, 0.15) is 0 Å². The Labute approximate surface area is 117 Å². The molecule has 2 saturated heterocycles. The second-order valence-electron chi connectivity index (χ2n) is 5.61. The highest BCUT2D eigenvalue weighted by Gasteiger charge is 2.47. The first-order valence-electron chi connectivity index (χ1n) is 7.18. The van der Waals surface area contributed by atoms with Crippen molar-refractivity contribution in [1.29, 1.82) is 0 Å². The first-order valence-corrected chi connectivity index (χ1v) is 7.18. The van der Waals surface area contributed by atoms with Crippen molar-refractivity contribution in [2.45, 2.75) is 24.7 Å². The Hall–Kier alpha value is -1.43. The minimum Gasteiger partial charge on any atom is -0.346 e. The molecule has 5 nitrogen and oxygen atoms in total. The van der Waals surface area contributed by atoms with Crippen molar-refractivity contribution in [3.8, 4) is 0 Å². The molecule has 0 saturated carbocycles. The molecule has 3 heterocycles. The molecule has 0 radical (unpaired) electrons. The number of benzene rings is 1. The number of carbonyl (C=O) groups is 1. The van der Waals surface area contributed by atoms with E-state index in [0.717, 1.165) is 18.7 Å². The van der Waals surface area contributed by atoms with Crippen molar-refractivity contribution in [2.24, 2.45) is 0 Å². The quantitative estimate of drug-likeness (QED) is 0.818. The molecule has 20 heavy (non-hydrogen) atoms. The highest BCUT2D eigenvalue weighted by atomic mass is 16.7. The van der Waals surface area contributed by atoms with E-state index < -0.39 is 5.79 Å². The van der Waals surface area contributed by atoms with E-state index in [2.05, 4.69) is 11.4 Å². The zero-order chi connectivity index (χ0) is 13.6. The van der Waals surface area contributed by atoms with Crippen molar-refractivity contribution in [3.05, 3.63) is 29.8 Å². The number of nitrogens with zero attached hydrogens (tertiary/aromatic N) is 1. The first kappa shape index (κ1) is 12.3. The van der Waals surface area contributed by atoms with Crippen molar-refractivity contribution in [2.75, 3.05) is 31.2 Å². The summed E-state index contributed by atoms with van der Waals surface area (Å²) in [5, 5.41) is 3.26. The van der Waals surface area contributed by atoms with Gasteiger partial charge in [-0.15, -0.1) is 0 Å². The van der Waals surface area contributed by atoms with Crippen LogP contribution < -0.4 is 10.2 Å². The predicted molar refractivity (Wildman–Crippen MR) is 73.5 cm³/mol. The van der Waals surface area contributed by atoms with Crippen LogP contribution in [0.2, 0.25) is 0 Å². The lowest BCUT2D eigenvalue weighted by molar-refractivity contribution is -0.143. The molecule has 106 valence electrons. The topological polar surface area (TPSA) is 50.8 Å². The molecule has 0 bridgehead atoms. The predicted octanol–water partition coefficient (Wildman–Crippen LogP) is 0.681. The summed E-state index contributed by atoms with van der Waals surface area (Å²) >= 11 is 0. The molecule has 1 spiro atoms. The summed E-state index contributed by atoms with van der Waals surface area (Å²) in [5.74, 6) is -0.439. The summed E-state index contributed by atoms with van der Waals surface area (Å²) in [6, 6.07) is 7.91. The smallest absolute Gasteiger partial charge is 0.244 e. The highest BCUT2D eigenvalue weighted by Crippen LogP contribution is 2.33. The summed E-state index contributed by atoms with van der Waals surface area (Å²) in [6.07, 6.45) is 1.54. The van der Waals surface area contributed by atoms with E-state index in [1.165, 1.54) is 5.56 Å². The number of hydrogen-bond acceptors (Lipinski definition) is 4. The Bertz CT molecular complexity index is 540. The standard InChI is InChI=1S/C15H18N2O3/c18-14(12-9-15(10-16-12)19-7-8-20-15)17-6-5-11-3-1-2-4-13(11)17/h1-4,12,16H,5-10H2/t12-/m0/s1. The summed E-state index contributed by atoms with van der Waals surface area (Å²) in [5.41, 5.74) is 2.30. The van der Waals surface area contributed by atoms with Gasteiger partial charge >= 0.3 is 0 Å². The van der Waals surface area contributed by atoms with Crippen LogP contribution in [0.25, 0.3) is 0 Å². The number of amides is 1. The number of fused-ring (bicyclic) bond motifs is 1. The van der Waals surface area contributed by atoms with Crippen molar-refractivity contribution in [3.63, 3.8) is 0 Å². The number of anilines is 1. The molecule has 0 aliphatic carbocycles. The zero-order valence-corrected chi connectivity index (χ0v) is 11.3. The van der Waals surface area contributed by atoms with Gasteiger partial charge in [0, 0.05) is 18.7 Å². The Balaban J connectivity index is 1.52. The number of ether oxygens (including phenoxy) is 2. The average molecular weight is 274 g/mol. The third-order valence-electron chi connectivity index (χ3n) is 4.40. The highest BCUT2D eigenvalue weighted by molar-refractivity contribution is 5.99. The van der Waals surface area contributed by atoms with Gasteiger partial charge in [0.2, 0.25) is 5.91 Å². The van der Waals surface area contributed by atoms with Crippen molar-refractivity contribution < 1.29 is 14.3 Å². The second-order valence-corrected chi connectivity index (χ2v) is 5.61. The van der Waals surface area contributed by atoms with Gasteiger partial charge in [0.15, 0.2) is 5.79 Å². The SMILES string of the molecule is O=C([C@@H]1CC2(CN1)OCCO2)N1CCc2ccccc21. The van der Waals surface area contributed by atoms with E-state index in [-0.39, 0.29) is 11.9 Å². The van der Waals surface area contributed by atoms with Crippen LogP contribution in [0, 0.1) is 0 Å². The van der Waals surface area contributed by atoms with E-state index in [1.807, 2.05) is 23.1 Å². The van der Waals surface area contributed by atoms with Crippen LogP contribution in [0.5, 0.6) is 0 Å². The van der Waals surface area contributed by atoms with Gasteiger partial charge in [-0.05, 0) is 18.1 Å². The van der Waals surface area contributed by atoms with Crippen molar-refractivity contribution in [1.82, 2.24) is 5.32 Å². The summed E-state index contributed by atoms with van der Waals surface area (Å²) in [7, 11) is 0. The molecule has 1 N–H and O–H groups in total. The molecule has 1 aromatic carbocycles. The number of carbonyl (C=O) groups excluding carboxylic acids is 1. The molecular formula is C15H18N2O3. The molecule has 4 rings (SSSR count). The first-order chi connectivity index (χ1) is 9.77. The fourth-order valence-corrected chi connectivity index (χ4v) is 3.38. The van der Waals surface area contributed by atoms with Gasteiger partial charge < -0.3 is 19.7 Å². The van der Waals surface area contributed by atoms with E-state index in [9.17, 15) is 4.79 Å². The van der Waals surface area contributed by atoms with Crippen LogP contribution in [0.15, 0.2) is 24.3 Å². The van der Waals surface area contributed by atoms with Crippen LogP contribution >= 0.6 is 0 Å². The number of nitrogens with one attached hydrogen (secondary N) is 1. The fraction of sp³-hybridized carbons (Fsp3) is 0.533. The number of para-hydroxylation sites is 1. The zero-order valence-electron chi connectivity index (χ0n) is 11.3. The molecule has 1 atom stereocenters. The normalized spacial score (nSPS) is 27.2. The Morgan fingerprint density at radius 1 is 1.30 bits per heavy atom. The Morgan fingerprint density at radius 3 is 2.95 bits per heavy atom. The fourth-order valence-electron chi connectivity index (χ4n) is 3.38. The Kier molecular flexibility index (Phi) is 2.80. The third kappa shape index (κ3) is 1.85. The number of rotatable bonds is 1. The molecule has 3 aliphatic heterocycles. The lowest BCUT2D eigenvalue weighted by Gasteiger charge is -2.23. The molecule has 3 aliphatic rings. The second kappa shape index (κ2) is 4.55. The third-order valence-corrected chi connectivity index (χ3v) is 4.40. The van der Waals surface area contributed by atoms with Crippen LogP contribution in [0.3, 0.4) is 0 Å². The van der Waals surface area contributed by atoms with Crippen LogP contribution in [-0.4, -0.2) is 44.0 Å². The molecular weight excluding hydrogens is 256 g/mol.